The van der Waals surface area contributed by atoms with Crippen molar-refractivity contribution in [2.24, 2.45) is 0 Å². The fourth-order valence-corrected chi connectivity index (χ4v) is 3.48. The summed E-state index contributed by atoms with van der Waals surface area (Å²) >= 11 is 0. The Hall–Kier alpha value is -2.30. The van der Waals surface area contributed by atoms with E-state index in [2.05, 4.69) is 38.0 Å². The van der Waals surface area contributed by atoms with Crippen LogP contribution in [0, 0.1) is 0 Å². The second-order valence-electron chi connectivity index (χ2n) is 6.23. The highest BCUT2D eigenvalue weighted by molar-refractivity contribution is 5.52. The molecule has 0 N–H and O–H groups in total. The molecule has 2 aromatic rings. The van der Waals surface area contributed by atoms with E-state index in [-0.39, 0.29) is 0 Å². The molecule has 0 spiro atoms. The molecule has 0 unspecified atom stereocenters. The van der Waals surface area contributed by atoms with Gasteiger partial charge >= 0.3 is 0 Å². The number of methoxy groups -OCH3 is 1. The molecule has 23 heavy (non-hydrogen) atoms. The standard InChI is InChI=1S/C18H22N4O/c1-23-16-5-4-15-12-22(9-6-14(15)10-16)18-11-17(19-13-20-18)21-7-2-3-8-21/h4-5,10-11,13H,2-3,6-9,12H2,1H3. The molecular formula is C18H22N4O. The smallest absolute Gasteiger partial charge is 0.134 e. The molecule has 5 nitrogen and oxygen atoms in total. The molecule has 0 bridgehead atoms. The summed E-state index contributed by atoms with van der Waals surface area (Å²) in [4.78, 5) is 13.7. The summed E-state index contributed by atoms with van der Waals surface area (Å²) in [6.45, 7) is 4.10. The minimum atomic E-state index is 0.899. The maximum absolute atomic E-state index is 5.32. The topological polar surface area (TPSA) is 41.5 Å². The van der Waals surface area contributed by atoms with E-state index in [1.165, 1.54) is 24.0 Å². The first-order valence-electron chi connectivity index (χ1n) is 8.31. The number of rotatable bonds is 3. The molecule has 120 valence electrons. The van der Waals surface area contributed by atoms with Crippen LogP contribution in [0.25, 0.3) is 0 Å². The Morgan fingerprint density at radius 3 is 2.48 bits per heavy atom. The molecule has 0 amide bonds. The molecular weight excluding hydrogens is 288 g/mol. The third kappa shape index (κ3) is 2.83. The Labute approximate surface area is 136 Å². The van der Waals surface area contributed by atoms with Gasteiger partial charge in [0.2, 0.25) is 0 Å². The van der Waals surface area contributed by atoms with Gasteiger partial charge in [0.1, 0.15) is 23.7 Å². The predicted molar refractivity (Wildman–Crippen MR) is 91.2 cm³/mol. The third-order valence-corrected chi connectivity index (χ3v) is 4.82. The zero-order valence-corrected chi connectivity index (χ0v) is 13.5. The van der Waals surface area contributed by atoms with Crippen molar-refractivity contribution >= 4 is 11.6 Å². The van der Waals surface area contributed by atoms with Crippen molar-refractivity contribution in [3.8, 4) is 5.75 Å². The lowest BCUT2D eigenvalue weighted by Gasteiger charge is -2.30. The van der Waals surface area contributed by atoms with Gasteiger partial charge in [-0.25, -0.2) is 9.97 Å². The molecule has 4 rings (SSSR count). The number of hydrogen-bond donors (Lipinski definition) is 0. The molecule has 2 aliphatic rings. The number of aromatic nitrogens is 2. The van der Waals surface area contributed by atoms with Crippen molar-refractivity contribution in [1.29, 1.82) is 0 Å². The zero-order valence-electron chi connectivity index (χ0n) is 13.5. The highest BCUT2D eigenvalue weighted by Crippen LogP contribution is 2.28. The second kappa shape index (κ2) is 6.07. The Morgan fingerprint density at radius 2 is 1.70 bits per heavy atom. The lowest BCUT2D eigenvalue weighted by atomic mass is 9.99. The summed E-state index contributed by atoms with van der Waals surface area (Å²) in [7, 11) is 1.72. The Balaban J connectivity index is 1.56. The van der Waals surface area contributed by atoms with Crippen molar-refractivity contribution in [3.05, 3.63) is 41.7 Å². The number of hydrogen-bond acceptors (Lipinski definition) is 5. The fourth-order valence-electron chi connectivity index (χ4n) is 3.48. The molecule has 1 fully saturated rings. The number of ether oxygens (including phenoxy) is 1. The SMILES string of the molecule is COc1ccc2c(c1)CCN(c1cc(N3CCCC3)ncn1)C2. The number of benzene rings is 1. The quantitative estimate of drug-likeness (QED) is 0.872. The van der Waals surface area contributed by atoms with E-state index in [1.807, 2.05) is 6.07 Å². The van der Waals surface area contributed by atoms with Gasteiger partial charge in [-0.1, -0.05) is 6.07 Å². The van der Waals surface area contributed by atoms with E-state index in [0.29, 0.717) is 0 Å². The van der Waals surface area contributed by atoms with E-state index in [1.54, 1.807) is 13.4 Å². The van der Waals surface area contributed by atoms with Gasteiger partial charge in [0.05, 0.1) is 7.11 Å². The van der Waals surface area contributed by atoms with Gasteiger partial charge in [-0.15, -0.1) is 0 Å². The average molecular weight is 310 g/mol. The van der Waals surface area contributed by atoms with Crippen molar-refractivity contribution in [2.45, 2.75) is 25.8 Å². The minimum absolute atomic E-state index is 0.899. The first-order valence-corrected chi connectivity index (χ1v) is 8.31. The molecule has 3 heterocycles. The highest BCUT2D eigenvalue weighted by Gasteiger charge is 2.20. The molecule has 0 radical (unpaired) electrons. The van der Waals surface area contributed by atoms with Crippen LogP contribution in [0.3, 0.4) is 0 Å². The molecule has 0 atom stereocenters. The fraction of sp³-hybridized carbons (Fsp3) is 0.444. The maximum Gasteiger partial charge on any atom is 0.134 e. The molecule has 5 heteroatoms. The predicted octanol–water partition coefficient (Wildman–Crippen LogP) is 2.65. The van der Waals surface area contributed by atoms with E-state index >= 15 is 0 Å². The Bertz CT molecular complexity index is 697. The van der Waals surface area contributed by atoms with E-state index in [9.17, 15) is 0 Å². The summed E-state index contributed by atoms with van der Waals surface area (Å²) in [6, 6.07) is 8.50. The highest BCUT2D eigenvalue weighted by atomic mass is 16.5. The van der Waals surface area contributed by atoms with Crippen LogP contribution in [-0.2, 0) is 13.0 Å². The van der Waals surface area contributed by atoms with Crippen molar-refractivity contribution in [2.75, 3.05) is 36.5 Å². The van der Waals surface area contributed by atoms with E-state index in [4.69, 9.17) is 4.74 Å². The maximum atomic E-state index is 5.32. The summed E-state index contributed by atoms with van der Waals surface area (Å²) in [5.41, 5.74) is 2.74. The summed E-state index contributed by atoms with van der Waals surface area (Å²) in [5, 5.41) is 0. The molecule has 1 aromatic heterocycles. The third-order valence-electron chi connectivity index (χ3n) is 4.82. The van der Waals surface area contributed by atoms with Gasteiger partial charge in [-0.3, -0.25) is 0 Å². The van der Waals surface area contributed by atoms with Crippen LogP contribution in [0.4, 0.5) is 11.6 Å². The van der Waals surface area contributed by atoms with Crippen molar-refractivity contribution < 1.29 is 4.74 Å². The van der Waals surface area contributed by atoms with Crippen LogP contribution in [0.1, 0.15) is 24.0 Å². The van der Waals surface area contributed by atoms with Gasteiger partial charge in [-0.05, 0) is 42.5 Å². The normalized spacial score (nSPS) is 17.3. The number of fused-ring (bicyclic) bond motifs is 1. The molecule has 1 saturated heterocycles. The lowest BCUT2D eigenvalue weighted by molar-refractivity contribution is 0.413. The van der Waals surface area contributed by atoms with Gasteiger partial charge in [0, 0.05) is 32.2 Å². The van der Waals surface area contributed by atoms with Crippen LogP contribution in [0.5, 0.6) is 5.75 Å². The first-order chi connectivity index (χ1) is 11.3. The van der Waals surface area contributed by atoms with E-state index in [0.717, 1.165) is 50.0 Å². The zero-order chi connectivity index (χ0) is 15.6. The van der Waals surface area contributed by atoms with Crippen LogP contribution >= 0.6 is 0 Å². The van der Waals surface area contributed by atoms with Gasteiger partial charge in [0.15, 0.2) is 0 Å². The largest absolute Gasteiger partial charge is 0.497 e. The van der Waals surface area contributed by atoms with Crippen molar-refractivity contribution in [1.82, 2.24) is 9.97 Å². The Kier molecular flexibility index (Phi) is 3.77. The minimum Gasteiger partial charge on any atom is -0.497 e. The number of anilines is 2. The molecule has 0 saturated carbocycles. The summed E-state index contributed by atoms with van der Waals surface area (Å²) < 4.78 is 5.32. The molecule has 1 aromatic carbocycles. The molecule has 2 aliphatic heterocycles. The molecule has 0 aliphatic carbocycles. The van der Waals surface area contributed by atoms with Crippen LogP contribution in [0.2, 0.25) is 0 Å². The van der Waals surface area contributed by atoms with Crippen LogP contribution in [-0.4, -0.2) is 36.7 Å². The second-order valence-corrected chi connectivity index (χ2v) is 6.23. The summed E-state index contributed by atoms with van der Waals surface area (Å²) in [6.07, 6.45) is 5.25. The van der Waals surface area contributed by atoms with Gasteiger partial charge < -0.3 is 14.5 Å². The first kappa shape index (κ1) is 14.3. The van der Waals surface area contributed by atoms with Gasteiger partial charge in [-0.2, -0.15) is 0 Å². The lowest BCUT2D eigenvalue weighted by Crippen LogP contribution is -2.31. The average Bonchev–Trinajstić information content (AvgIpc) is 3.15. The van der Waals surface area contributed by atoms with Gasteiger partial charge in [0.25, 0.3) is 0 Å². The van der Waals surface area contributed by atoms with E-state index < -0.39 is 0 Å². The number of nitrogens with zero attached hydrogens (tertiary/aromatic N) is 4. The van der Waals surface area contributed by atoms with Crippen LogP contribution < -0.4 is 14.5 Å². The summed E-state index contributed by atoms with van der Waals surface area (Å²) in [5.74, 6) is 3.03. The Morgan fingerprint density at radius 1 is 0.913 bits per heavy atom. The van der Waals surface area contributed by atoms with Crippen molar-refractivity contribution in [3.63, 3.8) is 0 Å². The van der Waals surface area contributed by atoms with Crippen LogP contribution in [0.15, 0.2) is 30.6 Å². The monoisotopic (exact) mass is 310 g/mol.